The Labute approximate surface area is 236 Å². The first-order valence-corrected chi connectivity index (χ1v) is 12.8. The van der Waals surface area contributed by atoms with Gasteiger partial charge in [0.05, 0.1) is 30.1 Å². The van der Waals surface area contributed by atoms with Gasteiger partial charge in [-0.2, -0.15) is 0 Å². The number of carboxylic acid groups (broad SMARTS) is 1. The molecule has 4 aromatic rings. The number of hydrogen-bond donors (Lipinski definition) is 3. The number of ether oxygens (including phenoxy) is 2. The van der Waals surface area contributed by atoms with Crippen molar-refractivity contribution in [1.82, 2.24) is 14.9 Å². The van der Waals surface area contributed by atoms with Crippen molar-refractivity contribution >= 4 is 40.6 Å². The van der Waals surface area contributed by atoms with Gasteiger partial charge in [-0.25, -0.2) is 4.79 Å². The zero-order chi connectivity index (χ0) is 28.2. The van der Waals surface area contributed by atoms with Gasteiger partial charge in [-0.3, -0.25) is 9.78 Å². The van der Waals surface area contributed by atoms with Crippen molar-refractivity contribution < 1.29 is 24.2 Å². The topological polar surface area (TPSA) is 118 Å². The van der Waals surface area contributed by atoms with Crippen molar-refractivity contribution in [3.8, 4) is 11.4 Å². The summed E-state index contributed by atoms with van der Waals surface area (Å²) in [7, 11) is 2.99. The van der Waals surface area contributed by atoms with Crippen LogP contribution in [0.1, 0.15) is 33.8 Å². The standard InChI is InChI=1S/C29H27N5O5S/c1-38-17-25(35)31-22-16-20(12-13-24(22)39-2)34-27(26(32-29(34)40)21-6-3-4-14-30-21)23-7-5-15-33(23)19-10-8-18(9-11-19)28(36)37/h3-16,26-27H,17H2,1-2H3,(H,31,35)(H,32,40)(H,36,37). The molecule has 0 aliphatic carbocycles. The molecule has 1 aliphatic rings. The molecule has 10 nitrogen and oxygen atoms in total. The molecular formula is C29H27N5O5S. The van der Waals surface area contributed by atoms with Gasteiger partial charge in [0, 0.05) is 36.6 Å². The fraction of sp³-hybridized carbons (Fsp3) is 0.172. The average Bonchev–Trinajstić information content (AvgIpc) is 3.58. The van der Waals surface area contributed by atoms with Gasteiger partial charge in [-0.05, 0) is 78.9 Å². The Hall–Kier alpha value is -4.74. The number of carbonyl (C=O) groups excluding carboxylic acids is 1. The molecule has 3 heterocycles. The molecule has 3 N–H and O–H groups in total. The Bertz CT molecular complexity index is 1540. The number of nitrogens with zero attached hydrogens (tertiary/aromatic N) is 3. The molecule has 0 radical (unpaired) electrons. The summed E-state index contributed by atoms with van der Waals surface area (Å²) in [4.78, 5) is 30.3. The van der Waals surface area contributed by atoms with Crippen LogP contribution in [0.25, 0.3) is 5.69 Å². The third kappa shape index (κ3) is 5.24. The molecule has 1 aliphatic heterocycles. The molecule has 5 rings (SSSR count). The number of benzene rings is 2. The van der Waals surface area contributed by atoms with Crippen molar-refractivity contribution in [2.24, 2.45) is 0 Å². The summed E-state index contributed by atoms with van der Waals surface area (Å²) in [5.74, 6) is -0.813. The van der Waals surface area contributed by atoms with Gasteiger partial charge in [0.15, 0.2) is 5.11 Å². The highest BCUT2D eigenvalue weighted by molar-refractivity contribution is 7.80. The first-order chi connectivity index (χ1) is 19.4. The fourth-order valence-corrected chi connectivity index (χ4v) is 5.18. The van der Waals surface area contributed by atoms with E-state index in [1.807, 2.05) is 58.1 Å². The van der Waals surface area contributed by atoms with Gasteiger partial charge in [-0.1, -0.05) is 6.07 Å². The monoisotopic (exact) mass is 557 g/mol. The number of rotatable bonds is 9. The molecule has 0 saturated carbocycles. The minimum Gasteiger partial charge on any atom is -0.495 e. The molecule has 1 saturated heterocycles. The molecule has 2 unspecified atom stereocenters. The van der Waals surface area contributed by atoms with Crippen LogP contribution in [0.5, 0.6) is 5.75 Å². The van der Waals surface area contributed by atoms with E-state index in [-0.39, 0.29) is 30.2 Å². The molecule has 1 amide bonds. The molecule has 1 fully saturated rings. The molecule has 0 spiro atoms. The van der Waals surface area contributed by atoms with Crippen LogP contribution in [0.4, 0.5) is 11.4 Å². The number of hydrogen-bond acceptors (Lipinski definition) is 6. The maximum Gasteiger partial charge on any atom is 0.335 e. The second kappa shape index (κ2) is 11.6. The Morgan fingerprint density at radius 3 is 2.50 bits per heavy atom. The van der Waals surface area contributed by atoms with E-state index in [1.165, 1.54) is 14.2 Å². The van der Waals surface area contributed by atoms with Gasteiger partial charge in [0.1, 0.15) is 18.4 Å². The molecule has 204 valence electrons. The Morgan fingerprint density at radius 1 is 1.05 bits per heavy atom. The molecule has 0 bridgehead atoms. The maximum absolute atomic E-state index is 12.3. The third-order valence-corrected chi connectivity index (χ3v) is 6.90. The van der Waals surface area contributed by atoms with E-state index >= 15 is 0 Å². The molecule has 40 heavy (non-hydrogen) atoms. The lowest BCUT2D eigenvalue weighted by atomic mass is 10.0. The van der Waals surface area contributed by atoms with E-state index in [4.69, 9.17) is 21.7 Å². The number of methoxy groups -OCH3 is 2. The SMILES string of the molecule is COCC(=O)Nc1cc(N2C(=S)NC(c3ccccn3)C2c2cccn2-c2ccc(C(=O)O)cc2)ccc1OC. The van der Waals surface area contributed by atoms with Crippen LogP contribution in [0, 0.1) is 0 Å². The molecule has 2 atom stereocenters. The molecule has 2 aromatic carbocycles. The van der Waals surface area contributed by atoms with E-state index in [0.717, 1.165) is 22.8 Å². The number of pyridine rings is 1. The Balaban J connectivity index is 1.62. The van der Waals surface area contributed by atoms with Gasteiger partial charge >= 0.3 is 5.97 Å². The van der Waals surface area contributed by atoms with Crippen LogP contribution in [0.15, 0.2) is 85.2 Å². The molecule has 11 heteroatoms. The number of carboxylic acids is 1. The zero-order valence-electron chi connectivity index (χ0n) is 21.8. The minimum atomic E-state index is -0.987. The average molecular weight is 558 g/mol. The molecular weight excluding hydrogens is 530 g/mol. The second-order valence-corrected chi connectivity index (χ2v) is 9.40. The second-order valence-electron chi connectivity index (χ2n) is 9.02. The lowest BCUT2D eigenvalue weighted by Gasteiger charge is -2.29. The number of amides is 1. The van der Waals surface area contributed by atoms with Crippen molar-refractivity contribution in [1.29, 1.82) is 0 Å². The predicted octanol–water partition coefficient (Wildman–Crippen LogP) is 4.34. The van der Waals surface area contributed by atoms with Crippen molar-refractivity contribution in [2.45, 2.75) is 12.1 Å². The summed E-state index contributed by atoms with van der Waals surface area (Å²) in [5, 5.41) is 16.1. The largest absolute Gasteiger partial charge is 0.495 e. The van der Waals surface area contributed by atoms with E-state index < -0.39 is 5.97 Å². The highest BCUT2D eigenvalue weighted by Gasteiger charge is 2.42. The summed E-state index contributed by atoms with van der Waals surface area (Å²) in [6.07, 6.45) is 3.66. The van der Waals surface area contributed by atoms with Gasteiger partial charge in [-0.15, -0.1) is 0 Å². The van der Waals surface area contributed by atoms with Crippen molar-refractivity contribution in [3.63, 3.8) is 0 Å². The third-order valence-electron chi connectivity index (χ3n) is 6.58. The fourth-order valence-electron chi connectivity index (χ4n) is 4.83. The van der Waals surface area contributed by atoms with Crippen LogP contribution in [0.3, 0.4) is 0 Å². The normalized spacial score (nSPS) is 16.4. The first-order valence-electron chi connectivity index (χ1n) is 12.4. The van der Waals surface area contributed by atoms with E-state index in [0.29, 0.717) is 16.5 Å². The zero-order valence-corrected chi connectivity index (χ0v) is 22.6. The number of carbonyl (C=O) groups is 2. The summed E-state index contributed by atoms with van der Waals surface area (Å²) in [6, 6.07) is 21.1. The van der Waals surface area contributed by atoms with Crippen molar-refractivity contribution in [2.75, 3.05) is 31.0 Å². The van der Waals surface area contributed by atoms with Gasteiger partial charge in [0.25, 0.3) is 0 Å². The lowest BCUT2D eigenvalue weighted by Crippen LogP contribution is -2.30. The van der Waals surface area contributed by atoms with Crippen LogP contribution in [-0.2, 0) is 9.53 Å². The van der Waals surface area contributed by atoms with Crippen LogP contribution in [0.2, 0.25) is 0 Å². The smallest absolute Gasteiger partial charge is 0.335 e. The highest BCUT2D eigenvalue weighted by Crippen LogP contribution is 2.43. The minimum absolute atomic E-state index is 0.102. The maximum atomic E-state index is 12.3. The number of aromatic carboxylic acids is 1. The number of aromatic nitrogens is 2. The van der Waals surface area contributed by atoms with E-state index in [9.17, 15) is 14.7 Å². The highest BCUT2D eigenvalue weighted by atomic mass is 32.1. The summed E-state index contributed by atoms with van der Waals surface area (Å²) in [6.45, 7) is -0.102. The number of nitrogens with one attached hydrogen (secondary N) is 2. The van der Waals surface area contributed by atoms with Gasteiger partial charge < -0.3 is 34.7 Å². The predicted molar refractivity (Wildman–Crippen MR) is 154 cm³/mol. The van der Waals surface area contributed by atoms with Crippen molar-refractivity contribution in [3.05, 3.63) is 102 Å². The van der Waals surface area contributed by atoms with E-state index in [2.05, 4.69) is 15.6 Å². The summed E-state index contributed by atoms with van der Waals surface area (Å²) in [5.41, 5.74) is 3.90. The lowest BCUT2D eigenvalue weighted by molar-refractivity contribution is -0.119. The summed E-state index contributed by atoms with van der Waals surface area (Å²) < 4.78 is 12.4. The van der Waals surface area contributed by atoms with Gasteiger partial charge in [0.2, 0.25) is 5.91 Å². The quantitative estimate of drug-likeness (QED) is 0.258. The molecule has 2 aromatic heterocycles. The van der Waals surface area contributed by atoms with Crippen LogP contribution < -0.4 is 20.3 Å². The Kier molecular flexibility index (Phi) is 7.76. The first kappa shape index (κ1) is 26.9. The number of thiocarbonyl (C=S) groups is 1. The van der Waals surface area contributed by atoms with E-state index in [1.54, 1.807) is 36.5 Å². The Morgan fingerprint density at radius 2 is 1.82 bits per heavy atom. The number of anilines is 2. The summed E-state index contributed by atoms with van der Waals surface area (Å²) >= 11 is 5.86. The van der Waals surface area contributed by atoms with Crippen LogP contribution >= 0.6 is 12.2 Å². The van der Waals surface area contributed by atoms with Crippen LogP contribution in [-0.4, -0.2) is 52.5 Å².